The van der Waals surface area contributed by atoms with Crippen LogP contribution in [0.15, 0.2) is 65.7 Å². The number of imidazole rings is 1. The van der Waals surface area contributed by atoms with Crippen LogP contribution in [0.2, 0.25) is 5.02 Å². The monoisotopic (exact) mass is 463 g/mol. The van der Waals surface area contributed by atoms with Gasteiger partial charge in [-0.1, -0.05) is 29.8 Å². The fraction of sp³-hybridized carbons (Fsp3) is 0.0500. The minimum atomic E-state index is -3.96. The van der Waals surface area contributed by atoms with Gasteiger partial charge < -0.3 is 10.1 Å². The van der Waals surface area contributed by atoms with Gasteiger partial charge in [-0.2, -0.15) is 4.40 Å². The second kappa shape index (κ2) is 7.71. The van der Waals surface area contributed by atoms with E-state index >= 15 is 0 Å². The molecule has 0 aliphatic carbocycles. The average Bonchev–Trinajstić information content (AvgIpc) is 3.05. The average molecular weight is 464 g/mol. The van der Waals surface area contributed by atoms with Gasteiger partial charge in [-0.15, -0.1) is 0 Å². The third kappa shape index (κ3) is 3.87. The molecule has 0 amide bonds. The highest BCUT2D eigenvalue weighted by atomic mass is 35.5. The van der Waals surface area contributed by atoms with E-state index in [1.54, 1.807) is 6.07 Å². The zero-order valence-corrected chi connectivity index (χ0v) is 17.1. The summed E-state index contributed by atoms with van der Waals surface area (Å²) in [7, 11) is -3.96. The number of aromatic nitrogens is 2. The first-order chi connectivity index (χ1) is 14.7. The lowest BCUT2D eigenvalue weighted by molar-refractivity contribution is -0.391. The van der Waals surface area contributed by atoms with Crippen LogP contribution in [-0.4, -0.2) is 22.7 Å². The summed E-state index contributed by atoms with van der Waals surface area (Å²) < 4.78 is 54.3. The van der Waals surface area contributed by atoms with Crippen molar-refractivity contribution in [3.63, 3.8) is 0 Å². The number of fused-ring (bicyclic) bond motifs is 1. The van der Waals surface area contributed by atoms with E-state index in [0.29, 0.717) is 6.07 Å². The van der Waals surface area contributed by atoms with Gasteiger partial charge in [0.15, 0.2) is 15.5 Å². The number of benzene rings is 2. The molecule has 0 N–H and O–H groups in total. The zero-order chi connectivity index (χ0) is 22.3. The molecule has 0 fully saturated rings. The van der Waals surface area contributed by atoms with E-state index in [1.165, 1.54) is 36.5 Å². The molecule has 2 heterocycles. The molecule has 4 aromatic rings. The summed E-state index contributed by atoms with van der Waals surface area (Å²) >= 11 is 6.09. The Morgan fingerprint density at radius 1 is 1.06 bits per heavy atom. The molecule has 0 saturated carbocycles. The van der Waals surface area contributed by atoms with E-state index in [2.05, 4.69) is 4.98 Å². The molecule has 2 aromatic heterocycles. The van der Waals surface area contributed by atoms with Crippen molar-refractivity contribution in [2.24, 2.45) is 0 Å². The van der Waals surface area contributed by atoms with Gasteiger partial charge in [0.05, 0.1) is 15.5 Å². The van der Waals surface area contributed by atoms with Gasteiger partial charge in [0.25, 0.3) is 0 Å². The first-order valence-electron chi connectivity index (χ1n) is 8.75. The fourth-order valence-electron chi connectivity index (χ4n) is 3.23. The Morgan fingerprint density at radius 2 is 1.77 bits per heavy atom. The largest absolute Gasteiger partial charge is 0.358 e. The van der Waals surface area contributed by atoms with Crippen molar-refractivity contribution in [3.05, 3.63) is 93.3 Å². The lowest BCUT2D eigenvalue weighted by Gasteiger charge is -2.04. The minimum absolute atomic E-state index is 0.0178. The summed E-state index contributed by atoms with van der Waals surface area (Å²) in [5.74, 6) is -3.09. The van der Waals surface area contributed by atoms with Crippen LogP contribution in [0.3, 0.4) is 0 Å². The van der Waals surface area contributed by atoms with E-state index in [9.17, 15) is 27.3 Å². The van der Waals surface area contributed by atoms with Crippen LogP contribution in [0.25, 0.3) is 16.8 Å². The predicted molar refractivity (Wildman–Crippen MR) is 110 cm³/mol. The van der Waals surface area contributed by atoms with E-state index in [4.69, 9.17) is 11.6 Å². The molecule has 0 aliphatic heterocycles. The molecule has 0 aliphatic rings. The van der Waals surface area contributed by atoms with Gasteiger partial charge in [0.2, 0.25) is 5.65 Å². The fourth-order valence-corrected chi connectivity index (χ4v) is 4.73. The third-order valence-electron chi connectivity index (χ3n) is 4.55. The van der Waals surface area contributed by atoms with Crippen molar-refractivity contribution in [2.75, 3.05) is 0 Å². The topological polar surface area (TPSA) is 94.6 Å². The number of nitrogens with zero attached hydrogens (tertiary/aromatic N) is 3. The van der Waals surface area contributed by atoms with Gasteiger partial charge in [0, 0.05) is 11.6 Å². The van der Waals surface area contributed by atoms with E-state index in [0.717, 1.165) is 16.5 Å². The van der Waals surface area contributed by atoms with Crippen molar-refractivity contribution in [2.45, 2.75) is 10.6 Å². The summed E-state index contributed by atoms with van der Waals surface area (Å²) in [6.45, 7) is 0. The van der Waals surface area contributed by atoms with Gasteiger partial charge in [0.1, 0.15) is 23.6 Å². The minimum Gasteiger partial charge on any atom is -0.358 e. The molecule has 4 rings (SSSR count). The molecule has 0 spiro atoms. The zero-order valence-electron chi connectivity index (χ0n) is 15.5. The van der Waals surface area contributed by atoms with Crippen LogP contribution in [-0.2, 0) is 15.6 Å². The number of halogens is 3. The van der Waals surface area contributed by atoms with Crippen molar-refractivity contribution in [1.82, 2.24) is 9.38 Å². The quantitative estimate of drug-likeness (QED) is 0.312. The van der Waals surface area contributed by atoms with Gasteiger partial charge in [-0.05, 0) is 35.3 Å². The highest BCUT2D eigenvalue weighted by molar-refractivity contribution is 7.90. The predicted octanol–water partition coefficient (Wildman–Crippen LogP) is 4.82. The summed E-state index contributed by atoms with van der Waals surface area (Å²) in [6, 6.07) is 11.6. The Hall–Kier alpha value is -3.37. The second-order valence-corrected chi connectivity index (χ2v) is 9.03. The van der Waals surface area contributed by atoms with Gasteiger partial charge >= 0.3 is 5.82 Å². The molecular formula is C20H12ClF2N3O4S. The van der Waals surface area contributed by atoms with Crippen molar-refractivity contribution in [3.8, 4) is 11.1 Å². The highest BCUT2D eigenvalue weighted by Crippen LogP contribution is 2.34. The molecular weight excluding hydrogens is 452 g/mol. The van der Waals surface area contributed by atoms with Gasteiger partial charge in [-0.25, -0.2) is 22.2 Å². The molecule has 0 atom stereocenters. The number of nitro groups is 1. The lowest BCUT2D eigenvalue weighted by atomic mass is 10.1. The summed E-state index contributed by atoms with van der Waals surface area (Å²) in [4.78, 5) is 15.1. The molecule has 7 nitrogen and oxygen atoms in total. The molecule has 2 aromatic carbocycles. The van der Waals surface area contributed by atoms with Crippen LogP contribution >= 0.6 is 11.6 Å². The van der Waals surface area contributed by atoms with Crippen LogP contribution < -0.4 is 0 Å². The maximum absolute atomic E-state index is 14.4. The molecule has 11 heteroatoms. The highest BCUT2D eigenvalue weighted by Gasteiger charge is 2.30. The van der Waals surface area contributed by atoms with Crippen LogP contribution in [0.4, 0.5) is 14.6 Å². The van der Waals surface area contributed by atoms with Crippen molar-refractivity contribution < 1.29 is 22.1 Å². The number of sulfone groups is 1. The Bertz CT molecular complexity index is 1440. The van der Waals surface area contributed by atoms with E-state index < -0.39 is 38.0 Å². The summed E-state index contributed by atoms with van der Waals surface area (Å²) in [5, 5.41) is 11.8. The molecule has 31 heavy (non-hydrogen) atoms. The first-order valence-corrected chi connectivity index (χ1v) is 10.8. The van der Waals surface area contributed by atoms with E-state index in [-0.39, 0.29) is 32.4 Å². The maximum atomic E-state index is 14.4. The smallest absolute Gasteiger partial charge is 0.352 e. The Morgan fingerprint density at radius 3 is 2.42 bits per heavy atom. The number of pyridine rings is 1. The Kier molecular flexibility index (Phi) is 5.19. The normalized spacial score (nSPS) is 11.7. The molecule has 158 valence electrons. The standard InChI is InChI=1S/C20H12ClF2N3O4S/c21-12-8-16(15-7-6-13(22)9-17(15)23)19-24-18(20(26(27)28)25(19)10-12)11-31(29,30)14-4-2-1-3-5-14/h1-10H,11H2. The maximum Gasteiger partial charge on any atom is 0.352 e. The summed E-state index contributed by atoms with van der Waals surface area (Å²) in [6.07, 6.45) is 1.19. The van der Waals surface area contributed by atoms with Crippen LogP contribution in [0.5, 0.6) is 0 Å². The van der Waals surface area contributed by atoms with Crippen LogP contribution in [0, 0.1) is 21.7 Å². The SMILES string of the molecule is O=[N+]([O-])c1c(CS(=O)(=O)c2ccccc2)nc2c(-c3ccc(F)cc3F)cc(Cl)cn12. The van der Waals surface area contributed by atoms with Gasteiger partial charge in [-0.3, -0.25) is 0 Å². The summed E-state index contributed by atoms with van der Waals surface area (Å²) in [5.41, 5.74) is -0.456. The lowest BCUT2D eigenvalue weighted by Crippen LogP contribution is -2.07. The Labute approximate surface area is 179 Å². The van der Waals surface area contributed by atoms with Crippen molar-refractivity contribution >= 4 is 32.9 Å². The molecule has 0 saturated heterocycles. The first kappa shape index (κ1) is 20.9. The Balaban J connectivity index is 1.96. The molecule has 0 bridgehead atoms. The van der Waals surface area contributed by atoms with Crippen LogP contribution in [0.1, 0.15) is 5.69 Å². The van der Waals surface area contributed by atoms with E-state index in [1.807, 2.05) is 0 Å². The third-order valence-corrected chi connectivity index (χ3v) is 6.40. The number of hydrogen-bond acceptors (Lipinski definition) is 5. The second-order valence-electron chi connectivity index (χ2n) is 6.60. The number of rotatable bonds is 5. The number of hydrogen-bond donors (Lipinski definition) is 0. The molecule has 0 radical (unpaired) electrons. The molecule has 0 unspecified atom stereocenters. The van der Waals surface area contributed by atoms with Crippen molar-refractivity contribution in [1.29, 1.82) is 0 Å².